The van der Waals surface area contributed by atoms with E-state index in [1.54, 1.807) is 6.07 Å². The first-order valence-electron chi connectivity index (χ1n) is 8.65. The molecule has 0 spiro atoms. The summed E-state index contributed by atoms with van der Waals surface area (Å²) in [6, 6.07) is 5.52. The van der Waals surface area contributed by atoms with E-state index in [4.69, 9.17) is 4.74 Å². The zero-order valence-corrected chi connectivity index (χ0v) is 14.7. The zero-order chi connectivity index (χ0) is 17.0. The summed E-state index contributed by atoms with van der Waals surface area (Å²) in [5, 5.41) is 0. The largest absolute Gasteiger partial charge is 0.381 e. The van der Waals surface area contributed by atoms with Crippen molar-refractivity contribution >= 4 is 10.0 Å². The molecule has 5 nitrogen and oxygen atoms in total. The summed E-state index contributed by atoms with van der Waals surface area (Å²) < 4.78 is 47.2. The topological polar surface area (TPSA) is 49.9 Å². The van der Waals surface area contributed by atoms with Crippen LogP contribution in [0.5, 0.6) is 0 Å². The highest BCUT2D eigenvalue weighted by molar-refractivity contribution is 7.89. The van der Waals surface area contributed by atoms with E-state index in [1.807, 2.05) is 0 Å². The van der Waals surface area contributed by atoms with E-state index in [2.05, 4.69) is 4.90 Å². The summed E-state index contributed by atoms with van der Waals surface area (Å²) in [5.41, 5.74) is 0. The Morgan fingerprint density at radius 3 is 2.50 bits per heavy atom. The average molecular weight is 356 g/mol. The molecule has 0 aromatic heterocycles. The monoisotopic (exact) mass is 356 g/mol. The van der Waals surface area contributed by atoms with Crippen LogP contribution in [0, 0.1) is 5.82 Å². The molecule has 2 aliphatic heterocycles. The van der Waals surface area contributed by atoms with Crippen molar-refractivity contribution in [2.75, 3.05) is 39.4 Å². The van der Waals surface area contributed by atoms with Crippen molar-refractivity contribution in [3.8, 4) is 0 Å². The number of hydrogen-bond donors (Lipinski definition) is 0. The molecule has 2 aliphatic rings. The fourth-order valence-electron chi connectivity index (χ4n) is 3.50. The van der Waals surface area contributed by atoms with Crippen molar-refractivity contribution in [1.82, 2.24) is 9.21 Å². The standard InChI is InChI=1S/C17H25FN2O3S/c18-16-5-1-2-6-17(16)24(21,22)20(15-7-13-23-14-8-15)12-11-19-9-3-4-10-19/h1-2,5-6,15H,3-4,7-14H2. The maximum atomic E-state index is 14.1. The highest BCUT2D eigenvalue weighted by Gasteiger charge is 2.34. The number of nitrogens with zero attached hydrogens (tertiary/aromatic N) is 2. The Kier molecular flexibility index (Phi) is 5.86. The third-order valence-corrected chi connectivity index (χ3v) is 6.84. The number of rotatable bonds is 6. The molecule has 0 amide bonds. The van der Waals surface area contributed by atoms with Gasteiger partial charge < -0.3 is 9.64 Å². The number of ether oxygens (including phenoxy) is 1. The predicted octanol–water partition coefficient (Wildman–Crippen LogP) is 2.09. The SMILES string of the molecule is O=S(=O)(c1ccccc1F)N(CCN1CCCC1)C1CCOCC1. The first-order valence-corrected chi connectivity index (χ1v) is 10.1. The molecule has 2 heterocycles. The second-order valence-electron chi connectivity index (χ2n) is 6.44. The lowest BCUT2D eigenvalue weighted by Crippen LogP contribution is -2.46. The molecule has 0 saturated carbocycles. The van der Waals surface area contributed by atoms with Crippen molar-refractivity contribution in [2.45, 2.75) is 36.6 Å². The molecular formula is C17H25FN2O3S. The van der Waals surface area contributed by atoms with E-state index in [9.17, 15) is 12.8 Å². The van der Waals surface area contributed by atoms with E-state index >= 15 is 0 Å². The van der Waals surface area contributed by atoms with E-state index in [-0.39, 0.29) is 10.9 Å². The van der Waals surface area contributed by atoms with Crippen LogP contribution >= 0.6 is 0 Å². The van der Waals surface area contributed by atoms with Crippen LogP contribution in [-0.2, 0) is 14.8 Å². The van der Waals surface area contributed by atoms with Crippen molar-refractivity contribution < 1.29 is 17.5 Å². The normalized spacial score (nSPS) is 20.8. The molecule has 7 heteroatoms. The quantitative estimate of drug-likeness (QED) is 0.783. The molecule has 3 rings (SSSR count). The van der Waals surface area contributed by atoms with Gasteiger partial charge in [0.1, 0.15) is 10.7 Å². The summed E-state index contributed by atoms with van der Waals surface area (Å²) in [6.45, 7) is 4.24. The van der Waals surface area contributed by atoms with Gasteiger partial charge in [-0.25, -0.2) is 12.8 Å². The van der Waals surface area contributed by atoms with E-state index < -0.39 is 15.8 Å². The van der Waals surface area contributed by atoms with Gasteiger partial charge >= 0.3 is 0 Å². The number of sulfonamides is 1. The van der Waals surface area contributed by atoms with Crippen LogP contribution in [0.15, 0.2) is 29.2 Å². The molecule has 0 bridgehead atoms. The average Bonchev–Trinajstić information content (AvgIpc) is 3.09. The molecule has 0 aliphatic carbocycles. The van der Waals surface area contributed by atoms with Gasteiger partial charge in [0.25, 0.3) is 0 Å². The Morgan fingerprint density at radius 2 is 1.83 bits per heavy atom. The van der Waals surface area contributed by atoms with Gasteiger partial charge in [0.05, 0.1) is 0 Å². The molecule has 134 valence electrons. The number of likely N-dealkylation sites (tertiary alicyclic amines) is 1. The third kappa shape index (κ3) is 3.96. The summed E-state index contributed by atoms with van der Waals surface area (Å²) in [7, 11) is -3.85. The predicted molar refractivity (Wildman–Crippen MR) is 89.8 cm³/mol. The maximum Gasteiger partial charge on any atom is 0.246 e. The summed E-state index contributed by atoms with van der Waals surface area (Å²) in [5.74, 6) is -0.685. The lowest BCUT2D eigenvalue weighted by atomic mass is 10.1. The van der Waals surface area contributed by atoms with Gasteiger partial charge in [-0.3, -0.25) is 0 Å². The second-order valence-corrected chi connectivity index (χ2v) is 8.30. The van der Waals surface area contributed by atoms with Gasteiger partial charge in [0.2, 0.25) is 10.0 Å². The van der Waals surface area contributed by atoms with Crippen LogP contribution in [0.2, 0.25) is 0 Å². The van der Waals surface area contributed by atoms with Crippen LogP contribution in [-0.4, -0.2) is 63.1 Å². The smallest absolute Gasteiger partial charge is 0.246 e. The Bertz CT molecular complexity index is 641. The Morgan fingerprint density at radius 1 is 1.17 bits per heavy atom. The second kappa shape index (κ2) is 7.91. The summed E-state index contributed by atoms with van der Waals surface area (Å²) in [4.78, 5) is 2.06. The zero-order valence-electron chi connectivity index (χ0n) is 13.9. The van der Waals surface area contributed by atoms with Crippen LogP contribution in [0.25, 0.3) is 0 Å². The highest BCUT2D eigenvalue weighted by atomic mass is 32.2. The summed E-state index contributed by atoms with van der Waals surface area (Å²) in [6.07, 6.45) is 3.65. The van der Waals surface area contributed by atoms with Gasteiger partial charge in [0.15, 0.2) is 0 Å². The van der Waals surface area contributed by atoms with Crippen LogP contribution in [0.4, 0.5) is 4.39 Å². The van der Waals surface area contributed by atoms with Gasteiger partial charge in [0, 0.05) is 32.3 Å². The molecule has 0 radical (unpaired) electrons. The molecule has 0 atom stereocenters. The van der Waals surface area contributed by atoms with E-state index in [0.717, 1.165) is 25.9 Å². The molecule has 0 unspecified atom stereocenters. The Hall–Kier alpha value is -1.02. The van der Waals surface area contributed by atoms with Gasteiger partial charge in [-0.1, -0.05) is 12.1 Å². The molecule has 1 aromatic rings. The van der Waals surface area contributed by atoms with Gasteiger partial charge in [-0.15, -0.1) is 0 Å². The number of hydrogen-bond acceptors (Lipinski definition) is 4. The van der Waals surface area contributed by atoms with E-state index in [0.29, 0.717) is 39.1 Å². The molecule has 1 aromatic carbocycles. The Labute approximate surface area is 143 Å². The minimum atomic E-state index is -3.85. The van der Waals surface area contributed by atoms with Crippen molar-refractivity contribution in [3.05, 3.63) is 30.1 Å². The Balaban J connectivity index is 1.83. The number of halogens is 1. The fourth-order valence-corrected chi connectivity index (χ4v) is 5.24. The fraction of sp³-hybridized carbons (Fsp3) is 0.647. The van der Waals surface area contributed by atoms with Crippen molar-refractivity contribution in [3.63, 3.8) is 0 Å². The first-order chi connectivity index (χ1) is 11.6. The van der Waals surface area contributed by atoms with Gasteiger partial charge in [-0.05, 0) is 50.9 Å². The van der Waals surface area contributed by atoms with Crippen molar-refractivity contribution in [1.29, 1.82) is 0 Å². The van der Waals surface area contributed by atoms with Gasteiger partial charge in [-0.2, -0.15) is 4.31 Å². The first kappa shape index (κ1) is 17.8. The minimum absolute atomic E-state index is 0.119. The summed E-state index contributed by atoms with van der Waals surface area (Å²) >= 11 is 0. The molecule has 2 fully saturated rings. The van der Waals surface area contributed by atoms with E-state index in [1.165, 1.54) is 22.5 Å². The molecule has 24 heavy (non-hydrogen) atoms. The lowest BCUT2D eigenvalue weighted by molar-refractivity contribution is 0.0568. The van der Waals surface area contributed by atoms with Crippen LogP contribution in [0.3, 0.4) is 0 Å². The highest BCUT2D eigenvalue weighted by Crippen LogP contribution is 2.25. The lowest BCUT2D eigenvalue weighted by Gasteiger charge is -2.34. The molecule has 2 saturated heterocycles. The minimum Gasteiger partial charge on any atom is -0.381 e. The van der Waals surface area contributed by atoms with Crippen LogP contribution in [0.1, 0.15) is 25.7 Å². The number of benzene rings is 1. The maximum absolute atomic E-state index is 14.1. The van der Waals surface area contributed by atoms with Crippen molar-refractivity contribution in [2.24, 2.45) is 0 Å². The third-order valence-electron chi connectivity index (χ3n) is 4.86. The molecule has 0 N–H and O–H groups in total. The van der Waals surface area contributed by atoms with Crippen LogP contribution < -0.4 is 0 Å². The molecular weight excluding hydrogens is 331 g/mol.